The van der Waals surface area contributed by atoms with Gasteiger partial charge in [-0.05, 0) is 66.3 Å². The van der Waals surface area contributed by atoms with Crippen LogP contribution in [0, 0.1) is 23.4 Å². The van der Waals surface area contributed by atoms with Gasteiger partial charge in [0, 0.05) is 48.6 Å². The van der Waals surface area contributed by atoms with Gasteiger partial charge in [0.1, 0.15) is 23.2 Å². The fraction of sp³-hybridized carbons (Fsp3) is 0.308. The zero-order valence-corrected chi connectivity index (χ0v) is 18.4. The van der Waals surface area contributed by atoms with Crippen LogP contribution in [-0.4, -0.2) is 20.5 Å². The Hall–Kier alpha value is -3.35. The summed E-state index contributed by atoms with van der Waals surface area (Å²) in [5, 5.41) is 4.65. The number of aromatic amines is 1. The first-order valence-electron chi connectivity index (χ1n) is 11.1. The standard InChI is InChI=1S/C26H24F3N3O/c1-14(22-7-8-30-32(22)2)9-23(33)16-10-17(11-16)24-20-12-19(28)13-21(29)26(20)31-25(24)15-3-5-18(27)6-4-15/h3-8,12-14,16-17,31H,9-11H2,1-2H3. The lowest BCUT2D eigenvalue weighted by atomic mass is 9.67. The van der Waals surface area contributed by atoms with E-state index in [1.807, 2.05) is 20.0 Å². The first-order valence-corrected chi connectivity index (χ1v) is 11.1. The third kappa shape index (κ3) is 3.86. The first kappa shape index (κ1) is 21.5. The molecule has 2 heterocycles. The van der Waals surface area contributed by atoms with Crippen LogP contribution in [0.3, 0.4) is 0 Å². The van der Waals surface area contributed by atoms with Crippen molar-refractivity contribution >= 4 is 16.7 Å². The van der Waals surface area contributed by atoms with E-state index in [2.05, 4.69) is 10.1 Å². The number of aromatic nitrogens is 3. The summed E-state index contributed by atoms with van der Waals surface area (Å²) in [5.41, 5.74) is 3.38. The molecule has 1 unspecified atom stereocenters. The van der Waals surface area contributed by atoms with Crippen LogP contribution < -0.4 is 0 Å². The molecule has 4 aromatic rings. The van der Waals surface area contributed by atoms with Gasteiger partial charge in [-0.25, -0.2) is 13.2 Å². The molecule has 0 spiro atoms. The summed E-state index contributed by atoms with van der Waals surface area (Å²) >= 11 is 0. The lowest BCUT2D eigenvalue weighted by Crippen LogP contribution is -2.30. The monoisotopic (exact) mass is 451 g/mol. The van der Waals surface area contributed by atoms with Crippen LogP contribution in [0.15, 0.2) is 48.7 Å². The predicted octanol–water partition coefficient (Wildman–Crippen LogP) is 6.24. The summed E-state index contributed by atoms with van der Waals surface area (Å²) in [6.07, 6.45) is 3.40. The number of aryl methyl sites for hydroxylation is 1. The molecule has 1 N–H and O–H groups in total. The summed E-state index contributed by atoms with van der Waals surface area (Å²) < 4.78 is 43.9. The van der Waals surface area contributed by atoms with Crippen LogP contribution in [0.2, 0.25) is 0 Å². The quantitative estimate of drug-likeness (QED) is 0.377. The number of fused-ring (bicyclic) bond motifs is 1. The number of Topliss-reactive ketones (excluding diaryl/α,β-unsaturated/α-hetero) is 1. The highest BCUT2D eigenvalue weighted by atomic mass is 19.1. The lowest BCUT2D eigenvalue weighted by molar-refractivity contribution is -0.126. The Bertz CT molecular complexity index is 1330. The maximum atomic E-state index is 14.5. The van der Waals surface area contributed by atoms with Gasteiger partial charge in [0.25, 0.3) is 0 Å². The molecule has 4 nitrogen and oxygen atoms in total. The molecule has 2 aromatic carbocycles. The topological polar surface area (TPSA) is 50.7 Å². The van der Waals surface area contributed by atoms with Crippen molar-refractivity contribution in [3.8, 4) is 11.3 Å². The zero-order chi connectivity index (χ0) is 23.3. The molecule has 0 radical (unpaired) electrons. The molecule has 0 bridgehead atoms. The van der Waals surface area contributed by atoms with Crippen molar-refractivity contribution in [2.24, 2.45) is 13.0 Å². The molecule has 33 heavy (non-hydrogen) atoms. The molecule has 2 aromatic heterocycles. The van der Waals surface area contributed by atoms with Crippen molar-refractivity contribution in [2.45, 2.75) is 38.0 Å². The van der Waals surface area contributed by atoms with E-state index >= 15 is 0 Å². The minimum atomic E-state index is -0.670. The summed E-state index contributed by atoms with van der Waals surface area (Å²) in [6.45, 7) is 2.02. The molecule has 0 aliphatic heterocycles. The largest absolute Gasteiger partial charge is 0.352 e. The van der Waals surface area contributed by atoms with Gasteiger partial charge in [0.15, 0.2) is 0 Å². The van der Waals surface area contributed by atoms with Gasteiger partial charge in [-0.15, -0.1) is 0 Å². The minimum absolute atomic E-state index is 0.0130. The summed E-state index contributed by atoms with van der Waals surface area (Å²) in [5.74, 6) is -1.53. The van der Waals surface area contributed by atoms with E-state index in [0.717, 1.165) is 17.3 Å². The second-order valence-corrected chi connectivity index (χ2v) is 9.05. The Labute approximate surface area is 189 Å². The molecule has 170 valence electrons. The molecule has 1 fully saturated rings. The SMILES string of the molecule is CC(CC(=O)C1CC(c2c(-c3ccc(F)cc3)[nH]c3c(F)cc(F)cc23)C1)c1ccnn1C. The van der Waals surface area contributed by atoms with Crippen LogP contribution in [0.4, 0.5) is 13.2 Å². The number of benzene rings is 2. The Kier molecular flexibility index (Phi) is 5.35. The van der Waals surface area contributed by atoms with Gasteiger partial charge in [-0.3, -0.25) is 9.48 Å². The van der Waals surface area contributed by atoms with Crippen molar-refractivity contribution in [1.29, 1.82) is 0 Å². The molecule has 7 heteroatoms. The number of H-pyrrole nitrogens is 1. The second-order valence-electron chi connectivity index (χ2n) is 9.05. The highest BCUT2D eigenvalue weighted by Crippen LogP contribution is 2.49. The third-order valence-corrected chi connectivity index (χ3v) is 6.87. The highest BCUT2D eigenvalue weighted by Gasteiger charge is 2.38. The molecule has 1 atom stereocenters. The van der Waals surface area contributed by atoms with E-state index in [9.17, 15) is 18.0 Å². The normalized spacial score (nSPS) is 18.9. The van der Waals surface area contributed by atoms with Crippen LogP contribution >= 0.6 is 0 Å². The number of hydrogen-bond donors (Lipinski definition) is 1. The van der Waals surface area contributed by atoms with Gasteiger partial charge in [0.05, 0.1) is 11.2 Å². The number of ketones is 1. The minimum Gasteiger partial charge on any atom is -0.352 e. The molecule has 5 rings (SSSR count). The Morgan fingerprint density at radius 2 is 1.85 bits per heavy atom. The Morgan fingerprint density at radius 1 is 1.12 bits per heavy atom. The summed E-state index contributed by atoms with van der Waals surface area (Å²) in [7, 11) is 1.86. The third-order valence-electron chi connectivity index (χ3n) is 6.87. The fourth-order valence-electron chi connectivity index (χ4n) is 5.07. The Balaban J connectivity index is 1.42. The smallest absolute Gasteiger partial charge is 0.150 e. The van der Waals surface area contributed by atoms with E-state index in [-0.39, 0.29) is 34.9 Å². The number of nitrogens with one attached hydrogen (secondary N) is 1. The second kappa shape index (κ2) is 8.21. The van der Waals surface area contributed by atoms with E-state index in [0.29, 0.717) is 35.9 Å². The van der Waals surface area contributed by atoms with Crippen molar-refractivity contribution < 1.29 is 18.0 Å². The van der Waals surface area contributed by atoms with E-state index in [1.54, 1.807) is 23.0 Å². The van der Waals surface area contributed by atoms with E-state index in [1.165, 1.54) is 18.2 Å². The van der Waals surface area contributed by atoms with Gasteiger partial charge >= 0.3 is 0 Å². The maximum absolute atomic E-state index is 14.5. The van der Waals surface area contributed by atoms with Crippen LogP contribution in [0.25, 0.3) is 22.2 Å². The summed E-state index contributed by atoms with van der Waals surface area (Å²) in [4.78, 5) is 16.0. The number of hydrogen-bond acceptors (Lipinski definition) is 2. The van der Waals surface area contributed by atoms with Gasteiger partial charge in [-0.2, -0.15) is 5.10 Å². The predicted molar refractivity (Wildman–Crippen MR) is 120 cm³/mol. The average Bonchev–Trinajstić information content (AvgIpc) is 3.32. The number of nitrogens with zero attached hydrogens (tertiary/aromatic N) is 2. The molecule has 1 aliphatic carbocycles. The first-order chi connectivity index (χ1) is 15.8. The molecular weight excluding hydrogens is 427 g/mol. The van der Waals surface area contributed by atoms with Crippen LogP contribution in [-0.2, 0) is 11.8 Å². The fourth-order valence-corrected chi connectivity index (χ4v) is 5.07. The maximum Gasteiger partial charge on any atom is 0.150 e. The summed E-state index contributed by atoms with van der Waals surface area (Å²) in [6, 6.07) is 10.0. The van der Waals surface area contributed by atoms with Crippen molar-refractivity contribution in [1.82, 2.24) is 14.8 Å². The van der Waals surface area contributed by atoms with E-state index in [4.69, 9.17) is 0 Å². The Morgan fingerprint density at radius 3 is 2.52 bits per heavy atom. The van der Waals surface area contributed by atoms with E-state index < -0.39 is 11.6 Å². The van der Waals surface area contributed by atoms with Gasteiger partial charge in [0.2, 0.25) is 0 Å². The van der Waals surface area contributed by atoms with Crippen LogP contribution in [0.5, 0.6) is 0 Å². The average molecular weight is 451 g/mol. The van der Waals surface area contributed by atoms with Crippen molar-refractivity contribution in [3.63, 3.8) is 0 Å². The highest BCUT2D eigenvalue weighted by molar-refractivity contribution is 5.93. The van der Waals surface area contributed by atoms with Gasteiger partial charge in [-0.1, -0.05) is 6.92 Å². The van der Waals surface area contributed by atoms with Crippen molar-refractivity contribution in [2.75, 3.05) is 0 Å². The molecule has 1 saturated carbocycles. The molecule has 1 aliphatic rings. The number of rotatable bonds is 6. The number of carbonyl (C=O) groups is 1. The number of halogens is 3. The molecule has 0 amide bonds. The number of carbonyl (C=O) groups excluding carboxylic acids is 1. The lowest BCUT2D eigenvalue weighted by Gasteiger charge is -2.35. The zero-order valence-electron chi connectivity index (χ0n) is 18.4. The molecular formula is C26H24F3N3O. The van der Waals surface area contributed by atoms with Crippen LogP contribution in [0.1, 0.15) is 49.3 Å². The van der Waals surface area contributed by atoms with Gasteiger partial charge < -0.3 is 4.98 Å². The molecule has 0 saturated heterocycles. The van der Waals surface area contributed by atoms with Crippen molar-refractivity contribution in [3.05, 3.63) is 77.4 Å².